The minimum absolute atomic E-state index is 0.569. The summed E-state index contributed by atoms with van der Waals surface area (Å²) in [6, 6.07) is 6.45. The van der Waals surface area contributed by atoms with Gasteiger partial charge < -0.3 is 9.57 Å². The van der Waals surface area contributed by atoms with Crippen molar-refractivity contribution < 1.29 is 9.57 Å². The van der Waals surface area contributed by atoms with Crippen LogP contribution in [0.3, 0.4) is 0 Å². The first-order valence-corrected chi connectivity index (χ1v) is 6.35. The lowest BCUT2D eigenvalue weighted by Gasteiger charge is -2.08. The van der Waals surface area contributed by atoms with E-state index in [1.54, 1.807) is 0 Å². The maximum atomic E-state index is 5.48. The molecule has 3 nitrogen and oxygen atoms in total. The highest BCUT2D eigenvalue weighted by atomic mass is 16.6. The van der Waals surface area contributed by atoms with E-state index in [0.717, 1.165) is 38.3 Å². The molecule has 0 fully saturated rings. The van der Waals surface area contributed by atoms with Crippen LogP contribution in [0.1, 0.15) is 25.0 Å². The Bertz CT molecular complexity index is 363. The second-order valence-electron chi connectivity index (χ2n) is 4.89. The summed E-state index contributed by atoms with van der Waals surface area (Å²) in [6.07, 6.45) is 2.03. The van der Waals surface area contributed by atoms with Crippen LogP contribution in [0.5, 0.6) is 5.75 Å². The highest BCUT2D eigenvalue weighted by molar-refractivity contribution is 5.39. The van der Waals surface area contributed by atoms with Crippen LogP contribution in [-0.2, 0) is 17.7 Å². The van der Waals surface area contributed by atoms with Gasteiger partial charge in [0.25, 0.3) is 0 Å². The molecule has 94 valence electrons. The summed E-state index contributed by atoms with van der Waals surface area (Å²) in [5.41, 5.74) is 5.68. The fraction of sp³-hybridized carbons (Fsp3) is 0.571. The number of nitrogens with one attached hydrogen (secondary N) is 1. The summed E-state index contributed by atoms with van der Waals surface area (Å²) >= 11 is 0. The minimum Gasteiger partial charge on any atom is -0.493 e. The molecule has 0 amide bonds. The van der Waals surface area contributed by atoms with E-state index in [0.29, 0.717) is 5.92 Å². The van der Waals surface area contributed by atoms with E-state index in [2.05, 4.69) is 37.5 Å². The fourth-order valence-corrected chi connectivity index (χ4v) is 1.89. The van der Waals surface area contributed by atoms with Crippen LogP contribution in [0.4, 0.5) is 0 Å². The van der Waals surface area contributed by atoms with Gasteiger partial charge in [0.2, 0.25) is 0 Å². The Morgan fingerprint density at radius 3 is 3.12 bits per heavy atom. The summed E-state index contributed by atoms with van der Waals surface area (Å²) in [5.74, 6) is 1.62. The molecule has 0 aliphatic carbocycles. The lowest BCUT2D eigenvalue weighted by Crippen LogP contribution is -2.20. The predicted octanol–water partition coefficient (Wildman–Crippen LogP) is 2.34. The monoisotopic (exact) mass is 235 g/mol. The maximum absolute atomic E-state index is 5.48. The molecule has 0 saturated heterocycles. The van der Waals surface area contributed by atoms with Crippen molar-refractivity contribution in [3.05, 3.63) is 29.3 Å². The third-order valence-corrected chi connectivity index (χ3v) is 2.79. The van der Waals surface area contributed by atoms with Gasteiger partial charge in [-0.1, -0.05) is 26.0 Å². The Morgan fingerprint density at radius 1 is 1.41 bits per heavy atom. The van der Waals surface area contributed by atoms with Gasteiger partial charge in [-0.05, 0) is 29.5 Å². The van der Waals surface area contributed by atoms with Gasteiger partial charge in [0, 0.05) is 13.0 Å². The van der Waals surface area contributed by atoms with Crippen LogP contribution < -0.4 is 10.2 Å². The van der Waals surface area contributed by atoms with Gasteiger partial charge >= 0.3 is 0 Å². The first-order chi connectivity index (χ1) is 8.25. The molecule has 1 N–H and O–H groups in total. The van der Waals surface area contributed by atoms with E-state index < -0.39 is 0 Å². The third-order valence-electron chi connectivity index (χ3n) is 2.79. The Labute approximate surface area is 103 Å². The van der Waals surface area contributed by atoms with Crippen LogP contribution in [0.2, 0.25) is 0 Å². The Morgan fingerprint density at radius 2 is 2.29 bits per heavy atom. The van der Waals surface area contributed by atoms with Crippen molar-refractivity contribution in [1.29, 1.82) is 0 Å². The molecule has 17 heavy (non-hydrogen) atoms. The average molecular weight is 235 g/mol. The standard InChI is InChI=1S/C14H21NO2/c1-11(2)10-17-15-7-5-12-3-4-14-13(9-12)6-8-16-14/h3-4,9,11,15H,5-8,10H2,1-2H3. The van der Waals surface area contributed by atoms with Gasteiger partial charge in [0.15, 0.2) is 0 Å². The first kappa shape index (κ1) is 12.4. The first-order valence-electron chi connectivity index (χ1n) is 6.35. The second kappa shape index (κ2) is 6.03. The summed E-state index contributed by atoms with van der Waals surface area (Å²) in [6.45, 7) is 6.73. The lowest BCUT2D eigenvalue weighted by atomic mass is 10.1. The largest absolute Gasteiger partial charge is 0.493 e. The molecular weight excluding hydrogens is 214 g/mol. The predicted molar refractivity (Wildman–Crippen MR) is 68.1 cm³/mol. The van der Waals surface area contributed by atoms with Crippen molar-refractivity contribution in [3.8, 4) is 5.75 Å². The van der Waals surface area contributed by atoms with E-state index in [1.807, 2.05) is 0 Å². The normalized spacial score (nSPS) is 13.8. The lowest BCUT2D eigenvalue weighted by molar-refractivity contribution is 0.0247. The molecule has 1 aromatic rings. The van der Waals surface area contributed by atoms with Crippen LogP contribution in [0.15, 0.2) is 18.2 Å². The van der Waals surface area contributed by atoms with Gasteiger partial charge in [-0.3, -0.25) is 0 Å². The van der Waals surface area contributed by atoms with Crippen molar-refractivity contribution in [1.82, 2.24) is 5.48 Å². The topological polar surface area (TPSA) is 30.5 Å². The van der Waals surface area contributed by atoms with Crippen molar-refractivity contribution in [3.63, 3.8) is 0 Å². The zero-order chi connectivity index (χ0) is 12.1. The summed E-state index contributed by atoms with van der Waals surface area (Å²) in [5, 5.41) is 0. The summed E-state index contributed by atoms with van der Waals surface area (Å²) in [4.78, 5) is 5.33. The van der Waals surface area contributed by atoms with E-state index >= 15 is 0 Å². The molecule has 2 rings (SSSR count). The fourth-order valence-electron chi connectivity index (χ4n) is 1.89. The van der Waals surface area contributed by atoms with Crippen molar-refractivity contribution in [2.24, 2.45) is 5.92 Å². The van der Waals surface area contributed by atoms with Gasteiger partial charge in [0.1, 0.15) is 5.75 Å². The number of benzene rings is 1. The van der Waals surface area contributed by atoms with Crippen molar-refractivity contribution >= 4 is 0 Å². The van der Waals surface area contributed by atoms with Gasteiger partial charge in [0.05, 0.1) is 13.2 Å². The maximum Gasteiger partial charge on any atom is 0.122 e. The minimum atomic E-state index is 0.569. The summed E-state index contributed by atoms with van der Waals surface area (Å²) < 4.78 is 5.48. The van der Waals surface area contributed by atoms with E-state index in [-0.39, 0.29) is 0 Å². The Balaban J connectivity index is 1.72. The molecule has 0 aromatic heterocycles. The van der Waals surface area contributed by atoms with Crippen molar-refractivity contribution in [2.75, 3.05) is 19.8 Å². The SMILES string of the molecule is CC(C)CONCCc1ccc2c(c1)CCO2. The van der Waals surface area contributed by atoms with Gasteiger partial charge in [-0.15, -0.1) is 0 Å². The smallest absolute Gasteiger partial charge is 0.122 e. The highest BCUT2D eigenvalue weighted by Crippen LogP contribution is 2.25. The zero-order valence-corrected chi connectivity index (χ0v) is 10.7. The Kier molecular flexibility index (Phi) is 4.40. The Hall–Kier alpha value is -1.06. The van der Waals surface area contributed by atoms with Crippen LogP contribution in [0.25, 0.3) is 0 Å². The molecular formula is C14H21NO2. The quantitative estimate of drug-likeness (QED) is 0.606. The van der Waals surface area contributed by atoms with E-state index in [9.17, 15) is 0 Å². The molecule has 0 atom stereocenters. The number of hydrogen-bond donors (Lipinski definition) is 1. The van der Waals surface area contributed by atoms with Crippen LogP contribution in [-0.4, -0.2) is 19.8 Å². The molecule has 0 spiro atoms. The molecule has 1 aliphatic heterocycles. The average Bonchev–Trinajstić information content (AvgIpc) is 2.75. The zero-order valence-electron chi connectivity index (χ0n) is 10.7. The number of hydrogen-bond acceptors (Lipinski definition) is 3. The van der Waals surface area contributed by atoms with Crippen molar-refractivity contribution in [2.45, 2.75) is 26.7 Å². The molecule has 0 bridgehead atoms. The number of ether oxygens (including phenoxy) is 1. The molecule has 0 radical (unpaired) electrons. The second-order valence-corrected chi connectivity index (χ2v) is 4.89. The van der Waals surface area contributed by atoms with Crippen LogP contribution >= 0.6 is 0 Å². The molecule has 1 heterocycles. The number of rotatable bonds is 6. The molecule has 0 saturated carbocycles. The molecule has 1 aromatic carbocycles. The van der Waals surface area contributed by atoms with E-state index in [1.165, 1.54) is 11.1 Å². The molecule has 0 unspecified atom stereocenters. The van der Waals surface area contributed by atoms with Gasteiger partial charge in [-0.2, -0.15) is 0 Å². The molecule has 1 aliphatic rings. The highest BCUT2D eigenvalue weighted by Gasteiger charge is 2.11. The van der Waals surface area contributed by atoms with Gasteiger partial charge in [-0.25, -0.2) is 5.48 Å². The number of hydroxylamine groups is 1. The van der Waals surface area contributed by atoms with Crippen LogP contribution in [0, 0.1) is 5.92 Å². The number of fused-ring (bicyclic) bond motifs is 1. The van der Waals surface area contributed by atoms with E-state index in [4.69, 9.17) is 9.57 Å². The summed E-state index contributed by atoms with van der Waals surface area (Å²) in [7, 11) is 0. The third kappa shape index (κ3) is 3.72. The molecule has 3 heteroatoms.